The first-order valence-electron chi connectivity index (χ1n) is 4.25. The molecule has 0 aliphatic rings. The summed E-state index contributed by atoms with van der Waals surface area (Å²) in [5.74, 6) is 0.835. The van der Waals surface area contributed by atoms with Gasteiger partial charge in [-0.05, 0) is 24.1 Å². The highest BCUT2D eigenvalue weighted by Crippen LogP contribution is 2.11. The third-order valence-corrected chi connectivity index (χ3v) is 1.89. The topological polar surface area (TPSA) is 55.5 Å². The highest BCUT2D eigenvalue weighted by Gasteiger charge is 2.01. The van der Waals surface area contributed by atoms with Crippen molar-refractivity contribution in [2.45, 2.75) is 12.5 Å². The van der Waals surface area contributed by atoms with Crippen LogP contribution in [-0.4, -0.2) is 24.9 Å². The second-order valence-corrected chi connectivity index (χ2v) is 2.99. The zero-order valence-electron chi connectivity index (χ0n) is 8.14. The van der Waals surface area contributed by atoms with Crippen molar-refractivity contribution in [1.29, 1.82) is 0 Å². The standard InChI is InChI=1S/C10H15NO2.ClH/c1-13-10-4-2-8(3-5-10)6-9(11)7-12;/h2-5,9,12H,6-7,11H2,1H3;1H/t9-;/m1./s1. The molecule has 0 amide bonds. The van der Waals surface area contributed by atoms with Crippen molar-refractivity contribution in [3.8, 4) is 5.75 Å². The molecule has 0 unspecified atom stereocenters. The number of hydrogen-bond acceptors (Lipinski definition) is 3. The van der Waals surface area contributed by atoms with Gasteiger partial charge in [0.1, 0.15) is 5.75 Å². The van der Waals surface area contributed by atoms with Crippen LogP contribution < -0.4 is 10.5 Å². The predicted molar refractivity (Wildman–Crippen MR) is 59.0 cm³/mol. The minimum atomic E-state index is -0.173. The molecule has 3 N–H and O–H groups in total. The number of hydrogen-bond donors (Lipinski definition) is 2. The molecule has 14 heavy (non-hydrogen) atoms. The summed E-state index contributed by atoms with van der Waals surface area (Å²) in [7, 11) is 1.63. The fourth-order valence-electron chi connectivity index (χ4n) is 1.13. The van der Waals surface area contributed by atoms with E-state index in [0.717, 1.165) is 11.3 Å². The van der Waals surface area contributed by atoms with Gasteiger partial charge in [-0.25, -0.2) is 0 Å². The van der Waals surface area contributed by atoms with E-state index < -0.39 is 0 Å². The van der Waals surface area contributed by atoms with Gasteiger partial charge in [0, 0.05) is 6.04 Å². The Morgan fingerprint density at radius 2 is 1.93 bits per heavy atom. The zero-order valence-corrected chi connectivity index (χ0v) is 8.96. The van der Waals surface area contributed by atoms with Crippen molar-refractivity contribution in [3.05, 3.63) is 29.8 Å². The van der Waals surface area contributed by atoms with Gasteiger partial charge in [-0.15, -0.1) is 12.4 Å². The molecule has 4 heteroatoms. The zero-order chi connectivity index (χ0) is 9.68. The lowest BCUT2D eigenvalue weighted by Gasteiger charge is -2.08. The Labute approximate surface area is 90.3 Å². The van der Waals surface area contributed by atoms with E-state index in [1.54, 1.807) is 7.11 Å². The van der Waals surface area contributed by atoms with E-state index in [1.165, 1.54) is 0 Å². The molecule has 0 heterocycles. The molecule has 0 saturated heterocycles. The second-order valence-electron chi connectivity index (χ2n) is 2.99. The summed E-state index contributed by atoms with van der Waals surface area (Å²) < 4.78 is 5.02. The molecular formula is C10H16ClNO2. The van der Waals surface area contributed by atoms with Gasteiger partial charge in [0.15, 0.2) is 0 Å². The molecule has 1 aromatic carbocycles. The smallest absolute Gasteiger partial charge is 0.118 e. The molecule has 0 saturated carbocycles. The normalized spacial score (nSPS) is 11.6. The summed E-state index contributed by atoms with van der Waals surface area (Å²) in [6, 6.07) is 7.51. The van der Waals surface area contributed by atoms with Gasteiger partial charge in [-0.3, -0.25) is 0 Å². The average molecular weight is 218 g/mol. The Balaban J connectivity index is 0.00000169. The summed E-state index contributed by atoms with van der Waals surface area (Å²) in [6.07, 6.45) is 0.695. The van der Waals surface area contributed by atoms with Crippen LogP contribution in [0, 0.1) is 0 Å². The van der Waals surface area contributed by atoms with Gasteiger partial charge < -0.3 is 15.6 Å². The highest BCUT2D eigenvalue weighted by molar-refractivity contribution is 5.85. The fraction of sp³-hybridized carbons (Fsp3) is 0.400. The molecule has 1 rings (SSSR count). The lowest BCUT2D eigenvalue weighted by molar-refractivity contribution is 0.265. The van der Waals surface area contributed by atoms with Crippen molar-refractivity contribution < 1.29 is 9.84 Å². The Morgan fingerprint density at radius 3 is 2.36 bits per heavy atom. The molecule has 0 aromatic heterocycles. The number of methoxy groups -OCH3 is 1. The Bertz CT molecular complexity index is 251. The van der Waals surface area contributed by atoms with Crippen LogP contribution in [0.3, 0.4) is 0 Å². The molecule has 0 bridgehead atoms. The third kappa shape index (κ3) is 3.96. The van der Waals surface area contributed by atoms with Crippen LogP contribution in [0.2, 0.25) is 0 Å². The van der Waals surface area contributed by atoms with Gasteiger partial charge in [-0.2, -0.15) is 0 Å². The molecule has 1 atom stereocenters. The second kappa shape index (κ2) is 6.65. The monoisotopic (exact) mass is 217 g/mol. The first-order valence-corrected chi connectivity index (χ1v) is 4.25. The first kappa shape index (κ1) is 13.2. The molecule has 0 spiro atoms. The van der Waals surface area contributed by atoms with Gasteiger partial charge in [0.05, 0.1) is 13.7 Å². The van der Waals surface area contributed by atoms with Crippen LogP contribution in [-0.2, 0) is 6.42 Å². The summed E-state index contributed by atoms with van der Waals surface area (Å²) in [5.41, 5.74) is 6.71. The van der Waals surface area contributed by atoms with Crippen LogP contribution >= 0.6 is 12.4 Å². The Morgan fingerprint density at radius 1 is 1.36 bits per heavy atom. The molecule has 0 radical (unpaired) electrons. The van der Waals surface area contributed by atoms with Crippen LogP contribution in [0.5, 0.6) is 5.75 Å². The van der Waals surface area contributed by atoms with Crippen molar-refractivity contribution in [2.75, 3.05) is 13.7 Å². The number of ether oxygens (including phenoxy) is 1. The van der Waals surface area contributed by atoms with E-state index in [-0.39, 0.29) is 25.1 Å². The maximum atomic E-state index is 8.75. The number of nitrogens with two attached hydrogens (primary N) is 1. The van der Waals surface area contributed by atoms with Gasteiger partial charge in [-0.1, -0.05) is 12.1 Å². The van der Waals surface area contributed by atoms with Crippen LogP contribution in [0.4, 0.5) is 0 Å². The first-order chi connectivity index (χ1) is 6.26. The predicted octanol–water partition coefficient (Wildman–Crippen LogP) is 0.979. The molecule has 0 aliphatic carbocycles. The van der Waals surface area contributed by atoms with Crippen molar-refractivity contribution in [2.24, 2.45) is 5.73 Å². The number of benzene rings is 1. The molecular weight excluding hydrogens is 202 g/mol. The van der Waals surface area contributed by atoms with Crippen molar-refractivity contribution >= 4 is 12.4 Å². The quantitative estimate of drug-likeness (QED) is 0.791. The summed E-state index contributed by atoms with van der Waals surface area (Å²) in [5, 5.41) is 8.75. The molecule has 3 nitrogen and oxygen atoms in total. The van der Waals surface area contributed by atoms with E-state index >= 15 is 0 Å². The molecule has 80 valence electrons. The maximum absolute atomic E-state index is 8.75. The SMILES string of the molecule is COc1ccc(C[C@@H](N)CO)cc1.Cl. The van der Waals surface area contributed by atoms with E-state index in [1.807, 2.05) is 24.3 Å². The lowest BCUT2D eigenvalue weighted by atomic mass is 10.1. The van der Waals surface area contributed by atoms with Gasteiger partial charge in [0.2, 0.25) is 0 Å². The van der Waals surface area contributed by atoms with E-state index in [0.29, 0.717) is 6.42 Å². The van der Waals surface area contributed by atoms with Gasteiger partial charge >= 0.3 is 0 Å². The van der Waals surface area contributed by atoms with E-state index in [2.05, 4.69) is 0 Å². The maximum Gasteiger partial charge on any atom is 0.118 e. The van der Waals surface area contributed by atoms with Crippen LogP contribution in [0.25, 0.3) is 0 Å². The van der Waals surface area contributed by atoms with E-state index in [4.69, 9.17) is 15.6 Å². The summed E-state index contributed by atoms with van der Waals surface area (Å²) in [6.45, 7) is 0.0199. The lowest BCUT2D eigenvalue weighted by Crippen LogP contribution is -2.26. The van der Waals surface area contributed by atoms with Crippen molar-refractivity contribution in [1.82, 2.24) is 0 Å². The Kier molecular flexibility index (Phi) is 6.28. The number of rotatable bonds is 4. The minimum absolute atomic E-state index is 0. The number of aliphatic hydroxyl groups is 1. The number of halogens is 1. The summed E-state index contributed by atoms with van der Waals surface area (Å²) >= 11 is 0. The van der Waals surface area contributed by atoms with E-state index in [9.17, 15) is 0 Å². The highest BCUT2D eigenvalue weighted by atomic mass is 35.5. The third-order valence-electron chi connectivity index (χ3n) is 1.89. The van der Waals surface area contributed by atoms with Crippen LogP contribution in [0.15, 0.2) is 24.3 Å². The fourth-order valence-corrected chi connectivity index (χ4v) is 1.13. The largest absolute Gasteiger partial charge is 0.497 e. The van der Waals surface area contributed by atoms with Crippen molar-refractivity contribution in [3.63, 3.8) is 0 Å². The molecule has 0 aliphatic heterocycles. The molecule has 0 fully saturated rings. The minimum Gasteiger partial charge on any atom is -0.497 e. The van der Waals surface area contributed by atoms with Crippen LogP contribution in [0.1, 0.15) is 5.56 Å². The van der Waals surface area contributed by atoms with Gasteiger partial charge in [0.25, 0.3) is 0 Å². The summed E-state index contributed by atoms with van der Waals surface area (Å²) in [4.78, 5) is 0. The number of aliphatic hydroxyl groups excluding tert-OH is 1. The average Bonchev–Trinajstić information content (AvgIpc) is 2.19. The molecule has 1 aromatic rings. The Hall–Kier alpha value is -0.770.